The van der Waals surface area contributed by atoms with Gasteiger partial charge in [-0.25, -0.2) is 17.6 Å². The third-order valence-corrected chi connectivity index (χ3v) is 1.13. The zero-order valence-electron chi connectivity index (χ0n) is 7.17. The Morgan fingerprint density at radius 3 is 1.77 bits per heavy atom. The predicted octanol–water partition coefficient (Wildman–Crippen LogP) is 1.06. The molecule has 0 fully saturated rings. The summed E-state index contributed by atoms with van der Waals surface area (Å²) in [6.45, 7) is 0. The molecule has 13 heavy (non-hydrogen) atoms. The van der Waals surface area contributed by atoms with E-state index in [0.29, 0.717) is 6.07 Å². The molecule has 1 aromatic carbocycles. The molecule has 2 N–H and O–H groups in total. The minimum absolute atomic E-state index is 0. The minimum atomic E-state index is -1.89. The van der Waals surface area contributed by atoms with E-state index in [2.05, 4.69) is 0 Å². The van der Waals surface area contributed by atoms with Crippen molar-refractivity contribution in [1.82, 2.24) is 0 Å². The molecule has 0 spiro atoms. The number of nitrogens with two attached hydrogens (primary N) is 1. The van der Waals surface area contributed by atoms with E-state index in [0.717, 1.165) is 0 Å². The van der Waals surface area contributed by atoms with E-state index in [9.17, 15) is 17.6 Å². The number of hydrogen-bond donors (Lipinski definition) is 1. The maximum absolute atomic E-state index is 12.3. The number of nitrogen functional groups attached to an aromatic ring is 1. The molecule has 0 aromatic heterocycles. The number of benzene rings is 1. The van der Waals surface area contributed by atoms with E-state index in [1.165, 1.54) is 0 Å². The fraction of sp³-hybridized carbons (Fsp3) is 0. The molecular weight excluding hydrogens is 208 g/mol. The fourth-order valence-electron chi connectivity index (χ4n) is 0.591. The van der Waals surface area contributed by atoms with Gasteiger partial charge in [-0.15, -0.1) is 0 Å². The summed E-state index contributed by atoms with van der Waals surface area (Å²) in [5, 5.41) is 0. The molecule has 0 amide bonds. The summed E-state index contributed by atoms with van der Waals surface area (Å²) < 4.78 is 48.7. The molecule has 62 valence electrons. The third-order valence-electron chi connectivity index (χ3n) is 1.13. The van der Waals surface area contributed by atoms with Gasteiger partial charge in [0.2, 0.25) is 0 Å². The largest absolute Gasteiger partial charge is 0.396 e. The van der Waals surface area contributed by atoms with Crippen molar-refractivity contribution in [1.29, 1.82) is 0 Å². The predicted molar refractivity (Wildman–Crippen MR) is 42.2 cm³/mol. The summed E-state index contributed by atoms with van der Waals surface area (Å²) in [5.74, 6) is -6.80. The van der Waals surface area contributed by atoms with Crippen LogP contribution in [-0.2, 0) is 0 Å². The minimum Gasteiger partial charge on any atom is -0.396 e. The molecular formula is C6H3F4NNa2. The van der Waals surface area contributed by atoms with Crippen LogP contribution in [0.3, 0.4) is 0 Å². The van der Waals surface area contributed by atoms with E-state index in [1.54, 1.807) is 0 Å². The molecule has 0 heterocycles. The molecule has 1 aromatic rings. The van der Waals surface area contributed by atoms with Crippen molar-refractivity contribution in [3.8, 4) is 0 Å². The quantitative estimate of drug-likeness (QED) is 0.224. The number of hydrogen-bond acceptors (Lipinski definition) is 1. The molecule has 0 unspecified atom stereocenters. The standard InChI is InChI=1S/C6H3F4N.2Na/c7-2-1-3(11)5(9)6(10)4(2)8;;/h1H,11H2;;. The van der Waals surface area contributed by atoms with Crippen LogP contribution < -0.4 is 5.73 Å². The molecule has 1 nitrogen and oxygen atoms in total. The van der Waals surface area contributed by atoms with Crippen LogP contribution >= 0.6 is 0 Å². The van der Waals surface area contributed by atoms with Gasteiger partial charge < -0.3 is 5.73 Å². The molecule has 0 bridgehead atoms. The molecule has 0 saturated heterocycles. The van der Waals surface area contributed by atoms with Crippen LogP contribution in [0.2, 0.25) is 0 Å². The topological polar surface area (TPSA) is 26.0 Å². The number of halogens is 4. The first-order chi connectivity index (χ1) is 5.04. The van der Waals surface area contributed by atoms with Crippen molar-refractivity contribution in [2.24, 2.45) is 0 Å². The second-order valence-electron chi connectivity index (χ2n) is 1.89. The van der Waals surface area contributed by atoms with E-state index < -0.39 is 29.0 Å². The molecule has 0 aliphatic rings. The number of rotatable bonds is 0. The van der Waals surface area contributed by atoms with Crippen LogP contribution in [0.15, 0.2) is 6.07 Å². The van der Waals surface area contributed by atoms with Crippen molar-refractivity contribution in [2.75, 3.05) is 5.73 Å². The third kappa shape index (κ3) is 3.42. The van der Waals surface area contributed by atoms with Gasteiger partial charge in [-0.2, -0.15) is 0 Å². The van der Waals surface area contributed by atoms with Crippen molar-refractivity contribution >= 4 is 64.8 Å². The van der Waals surface area contributed by atoms with Crippen LogP contribution in [0.1, 0.15) is 0 Å². The fourth-order valence-corrected chi connectivity index (χ4v) is 0.591. The summed E-state index contributed by atoms with van der Waals surface area (Å²) in [6.07, 6.45) is 0. The van der Waals surface area contributed by atoms with Crippen LogP contribution in [0.25, 0.3) is 0 Å². The van der Waals surface area contributed by atoms with Gasteiger partial charge in [0.1, 0.15) is 0 Å². The first-order valence-corrected chi connectivity index (χ1v) is 2.62. The zero-order chi connectivity index (χ0) is 8.59. The monoisotopic (exact) mass is 211 g/mol. The van der Waals surface area contributed by atoms with Gasteiger partial charge in [0.15, 0.2) is 23.3 Å². The zero-order valence-corrected chi connectivity index (χ0v) is 11.2. The van der Waals surface area contributed by atoms with Gasteiger partial charge in [0, 0.05) is 65.2 Å². The Bertz CT molecular complexity index is 279. The Morgan fingerprint density at radius 2 is 1.31 bits per heavy atom. The van der Waals surface area contributed by atoms with Gasteiger partial charge in [-0.05, 0) is 0 Å². The first-order valence-electron chi connectivity index (χ1n) is 2.62. The van der Waals surface area contributed by atoms with Gasteiger partial charge in [0.25, 0.3) is 0 Å². The SMILES string of the molecule is Nc1cc(F)c(F)c(F)c1F.[Na].[Na]. The molecule has 7 heteroatoms. The van der Waals surface area contributed by atoms with E-state index in [1.807, 2.05) is 0 Å². The molecule has 2 radical (unpaired) electrons. The van der Waals surface area contributed by atoms with Crippen molar-refractivity contribution in [2.45, 2.75) is 0 Å². The second-order valence-corrected chi connectivity index (χ2v) is 1.89. The molecule has 1 rings (SSSR count). The van der Waals surface area contributed by atoms with Crippen molar-refractivity contribution in [3.05, 3.63) is 29.3 Å². The summed E-state index contributed by atoms with van der Waals surface area (Å²) in [4.78, 5) is 0. The average molecular weight is 211 g/mol. The average Bonchev–Trinajstić information content (AvgIpc) is 1.97. The maximum atomic E-state index is 12.3. The van der Waals surface area contributed by atoms with Gasteiger partial charge >= 0.3 is 0 Å². The second kappa shape index (κ2) is 6.27. The Hall–Kier alpha value is 0.740. The maximum Gasteiger partial charge on any atom is 0.199 e. The summed E-state index contributed by atoms with van der Waals surface area (Å²) in [7, 11) is 0. The Morgan fingerprint density at radius 1 is 0.846 bits per heavy atom. The van der Waals surface area contributed by atoms with E-state index in [-0.39, 0.29) is 59.1 Å². The van der Waals surface area contributed by atoms with Crippen LogP contribution in [0, 0.1) is 23.3 Å². The van der Waals surface area contributed by atoms with E-state index in [4.69, 9.17) is 5.73 Å². The van der Waals surface area contributed by atoms with Crippen LogP contribution in [0.4, 0.5) is 23.2 Å². The Kier molecular flexibility index (Phi) is 7.80. The Balaban J connectivity index is 0. The van der Waals surface area contributed by atoms with Crippen LogP contribution in [0.5, 0.6) is 0 Å². The van der Waals surface area contributed by atoms with Crippen molar-refractivity contribution < 1.29 is 17.6 Å². The normalized spacial score (nSPS) is 8.62. The first kappa shape index (κ1) is 16.2. The van der Waals surface area contributed by atoms with Gasteiger partial charge in [-0.3, -0.25) is 0 Å². The van der Waals surface area contributed by atoms with Crippen LogP contribution in [-0.4, -0.2) is 59.1 Å². The van der Waals surface area contributed by atoms with Crippen molar-refractivity contribution in [3.63, 3.8) is 0 Å². The summed E-state index contributed by atoms with van der Waals surface area (Å²) in [6, 6.07) is 0.383. The smallest absolute Gasteiger partial charge is 0.199 e. The van der Waals surface area contributed by atoms with E-state index >= 15 is 0 Å². The molecule has 0 saturated carbocycles. The molecule has 0 atom stereocenters. The molecule has 0 aliphatic heterocycles. The van der Waals surface area contributed by atoms with Gasteiger partial charge in [-0.1, -0.05) is 0 Å². The summed E-state index contributed by atoms with van der Waals surface area (Å²) in [5.41, 5.74) is 4.02. The van der Waals surface area contributed by atoms with Gasteiger partial charge in [0.05, 0.1) is 5.69 Å². The Labute approximate surface area is 116 Å². The number of anilines is 1. The molecule has 0 aliphatic carbocycles. The summed E-state index contributed by atoms with van der Waals surface area (Å²) >= 11 is 0.